The molecule has 1 aromatic carbocycles. The number of nitrogens with two attached hydrogens (primary N) is 2. The van der Waals surface area contributed by atoms with Crippen molar-refractivity contribution >= 4 is 28.6 Å². The van der Waals surface area contributed by atoms with Crippen molar-refractivity contribution in [3.63, 3.8) is 0 Å². The van der Waals surface area contributed by atoms with Crippen molar-refractivity contribution in [2.24, 2.45) is 5.73 Å². The number of para-hydroxylation sites is 1. The summed E-state index contributed by atoms with van der Waals surface area (Å²) in [5.41, 5.74) is 14.5. The van der Waals surface area contributed by atoms with E-state index >= 15 is 0 Å². The lowest BCUT2D eigenvalue weighted by atomic mass is 10.2. The Kier molecular flexibility index (Phi) is 4.20. The Labute approximate surface area is 132 Å². The second kappa shape index (κ2) is 6.44. The number of benzene rings is 1. The molecule has 3 rings (SSSR count). The summed E-state index contributed by atoms with van der Waals surface area (Å²) in [5, 5.41) is 17.0. The van der Waals surface area contributed by atoms with Crippen LogP contribution in [0, 0.1) is 0 Å². The molecule has 23 heavy (non-hydrogen) atoms. The van der Waals surface area contributed by atoms with Crippen molar-refractivity contribution in [2.75, 3.05) is 22.9 Å². The molecule has 0 radical (unpaired) electrons. The van der Waals surface area contributed by atoms with Crippen LogP contribution in [0.25, 0.3) is 11.2 Å². The summed E-state index contributed by atoms with van der Waals surface area (Å²) < 4.78 is 0. The van der Waals surface area contributed by atoms with E-state index in [-0.39, 0.29) is 6.04 Å². The van der Waals surface area contributed by atoms with Crippen LogP contribution in [0.3, 0.4) is 0 Å². The fraction of sp³-hybridized carbons (Fsp3) is 0.286. The second-order valence-electron chi connectivity index (χ2n) is 5.30. The molecule has 0 amide bonds. The number of rotatable bonds is 6. The van der Waals surface area contributed by atoms with Gasteiger partial charge in [0.25, 0.3) is 0 Å². The molecule has 120 valence electrons. The lowest BCUT2D eigenvalue weighted by Crippen LogP contribution is -2.26. The van der Waals surface area contributed by atoms with Gasteiger partial charge in [0.2, 0.25) is 11.6 Å². The van der Waals surface area contributed by atoms with Crippen molar-refractivity contribution in [3.8, 4) is 0 Å². The number of hydrogen-bond donors (Lipinski definition) is 5. The first kappa shape index (κ1) is 15.0. The molecule has 9 heteroatoms. The fourth-order valence-corrected chi connectivity index (χ4v) is 2.07. The highest BCUT2D eigenvalue weighted by Crippen LogP contribution is 2.19. The standard InChI is InChI=1S/C14H19N9/c1-8(15)6-18-14-19-12(11-13(20-14)22-23-21-11)17-7-9-4-2-3-5-10(9)16/h2-5,8H,6-7,15-16H2,1H3,(H3,17,18,19,20,21,22,23). The van der Waals surface area contributed by atoms with Crippen LogP contribution in [0.1, 0.15) is 12.5 Å². The van der Waals surface area contributed by atoms with Crippen molar-refractivity contribution in [2.45, 2.75) is 19.5 Å². The third-order valence-electron chi connectivity index (χ3n) is 3.27. The molecule has 0 saturated heterocycles. The van der Waals surface area contributed by atoms with Crippen LogP contribution in [0.5, 0.6) is 0 Å². The Morgan fingerprint density at radius 3 is 2.78 bits per heavy atom. The van der Waals surface area contributed by atoms with Gasteiger partial charge in [-0.25, -0.2) is 0 Å². The number of nitrogens with one attached hydrogen (secondary N) is 3. The SMILES string of the molecule is CC(N)CNc1nc(NCc2ccccc2N)c2n[nH]nc2n1. The molecule has 9 nitrogen and oxygen atoms in total. The maximum absolute atomic E-state index is 5.96. The van der Waals surface area contributed by atoms with E-state index in [0.717, 1.165) is 11.3 Å². The smallest absolute Gasteiger partial charge is 0.226 e. The van der Waals surface area contributed by atoms with Gasteiger partial charge >= 0.3 is 0 Å². The molecule has 2 heterocycles. The molecule has 0 saturated carbocycles. The van der Waals surface area contributed by atoms with Gasteiger partial charge in [-0.05, 0) is 18.6 Å². The van der Waals surface area contributed by atoms with Crippen molar-refractivity contribution in [1.82, 2.24) is 25.4 Å². The largest absolute Gasteiger partial charge is 0.398 e. The molecule has 1 atom stereocenters. The van der Waals surface area contributed by atoms with E-state index < -0.39 is 0 Å². The van der Waals surface area contributed by atoms with Crippen LogP contribution in [0.4, 0.5) is 17.5 Å². The van der Waals surface area contributed by atoms with Crippen molar-refractivity contribution in [1.29, 1.82) is 0 Å². The minimum absolute atomic E-state index is 0.00729. The van der Waals surface area contributed by atoms with E-state index in [9.17, 15) is 0 Å². The summed E-state index contributed by atoms with van der Waals surface area (Å²) in [5.74, 6) is 1.03. The van der Waals surface area contributed by atoms with Crippen LogP contribution in [0.2, 0.25) is 0 Å². The lowest BCUT2D eigenvalue weighted by Gasteiger charge is -2.11. The number of hydrogen-bond acceptors (Lipinski definition) is 8. The fourth-order valence-electron chi connectivity index (χ4n) is 2.07. The average Bonchev–Trinajstić information content (AvgIpc) is 3.00. The normalized spacial score (nSPS) is 12.3. The Bertz CT molecular complexity index is 796. The zero-order valence-corrected chi connectivity index (χ0v) is 12.7. The molecule has 2 aromatic heterocycles. The minimum atomic E-state index is -0.00729. The van der Waals surface area contributed by atoms with Gasteiger partial charge in [0.15, 0.2) is 11.3 Å². The summed E-state index contributed by atoms with van der Waals surface area (Å²) in [6, 6.07) is 7.65. The average molecular weight is 313 g/mol. The van der Waals surface area contributed by atoms with Gasteiger partial charge in [-0.15, -0.1) is 5.10 Å². The highest BCUT2D eigenvalue weighted by atomic mass is 15.4. The van der Waals surface area contributed by atoms with E-state index in [0.29, 0.717) is 36.0 Å². The Balaban J connectivity index is 1.83. The Morgan fingerprint density at radius 2 is 2.00 bits per heavy atom. The quantitative estimate of drug-likeness (QED) is 0.418. The topological polar surface area (TPSA) is 143 Å². The number of aromatic nitrogens is 5. The van der Waals surface area contributed by atoms with Crippen molar-refractivity contribution < 1.29 is 0 Å². The van der Waals surface area contributed by atoms with E-state index in [1.165, 1.54) is 0 Å². The molecule has 0 spiro atoms. The summed E-state index contributed by atoms with van der Waals surface area (Å²) in [6.45, 7) is 2.99. The molecule has 3 aromatic rings. The third-order valence-corrected chi connectivity index (χ3v) is 3.27. The lowest BCUT2D eigenvalue weighted by molar-refractivity contribution is 0.774. The molecular formula is C14H19N9. The van der Waals surface area contributed by atoms with Gasteiger partial charge in [-0.3, -0.25) is 0 Å². The predicted octanol–water partition coefficient (Wildman–Crippen LogP) is 0.701. The number of nitrogen functional groups attached to an aromatic ring is 1. The second-order valence-corrected chi connectivity index (χ2v) is 5.30. The zero-order valence-electron chi connectivity index (χ0n) is 12.7. The number of fused-ring (bicyclic) bond motifs is 1. The van der Waals surface area contributed by atoms with Crippen LogP contribution < -0.4 is 22.1 Å². The van der Waals surface area contributed by atoms with Crippen molar-refractivity contribution in [3.05, 3.63) is 29.8 Å². The summed E-state index contributed by atoms with van der Waals surface area (Å²) in [7, 11) is 0. The van der Waals surface area contributed by atoms with Gasteiger partial charge in [-0.2, -0.15) is 20.3 Å². The summed E-state index contributed by atoms with van der Waals surface area (Å²) >= 11 is 0. The first-order valence-corrected chi connectivity index (χ1v) is 7.28. The van der Waals surface area contributed by atoms with Crippen LogP contribution in [-0.2, 0) is 6.54 Å². The van der Waals surface area contributed by atoms with E-state index in [4.69, 9.17) is 11.5 Å². The minimum Gasteiger partial charge on any atom is -0.398 e. The molecule has 0 fully saturated rings. The summed E-state index contributed by atoms with van der Waals surface area (Å²) in [4.78, 5) is 8.73. The summed E-state index contributed by atoms with van der Waals surface area (Å²) in [6.07, 6.45) is 0. The monoisotopic (exact) mass is 313 g/mol. The molecule has 0 aliphatic carbocycles. The number of H-pyrrole nitrogens is 1. The molecule has 0 aliphatic heterocycles. The first-order chi connectivity index (χ1) is 11.1. The van der Waals surface area contributed by atoms with Gasteiger partial charge in [0.05, 0.1) is 0 Å². The Hall–Kier alpha value is -2.94. The molecular weight excluding hydrogens is 294 g/mol. The third kappa shape index (κ3) is 3.46. The highest BCUT2D eigenvalue weighted by molar-refractivity contribution is 5.83. The maximum Gasteiger partial charge on any atom is 0.226 e. The molecule has 0 bridgehead atoms. The number of aromatic amines is 1. The first-order valence-electron chi connectivity index (χ1n) is 7.28. The van der Waals surface area contributed by atoms with Crippen LogP contribution in [0.15, 0.2) is 24.3 Å². The van der Waals surface area contributed by atoms with Gasteiger partial charge in [0.1, 0.15) is 0 Å². The maximum atomic E-state index is 5.96. The molecule has 0 aliphatic rings. The van der Waals surface area contributed by atoms with Gasteiger partial charge in [-0.1, -0.05) is 18.2 Å². The van der Waals surface area contributed by atoms with E-state index in [1.54, 1.807) is 0 Å². The number of anilines is 3. The molecule has 1 unspecified atom stereocenters. The Morgan fingerprint density at radius 1 is 1.17 bits per heavy atom. The van der Waals surface area contributed by atoms with Crippen LogP contribution in [-0.4, -0.2) is 38.0 Å². The predicted molar refractivity (Wildman–Crippen MR) is 89.8 cm³/mol. The van der Waals surface area contributed by atoms with Gasteiger partial charge < -0.3 is 22.1 Å². The van der Waals surface area contributed by atoms with E-state index in [1.807, 2.05) is 31.2 Å². The zero-order chi connectivity index (χ0) is 16.2. The van der Waals surface area contributed by atoms with Crippen LogP contribution >= 0.6 is 0 Å². The van der Waals surface area contributed by atoms with E-state index in [2.05, 4.69) is 36.0 Å². The highest BCUT2D eigenvalue weighted by Gasteiger charge is 2.12. The molecule has 7 N–H and O–H groups in total. The van der Waals surface area contributed by atoms with Gasteiger partial charge in [0, 0.05) is 24.8 Å². The number of nitrogens with zero attached hydrogens (tertiary/aromatic N) is 4.